The number of hydrogen-bond donors (Lipinski definition) is 0. The number of rotatable bonds is 1. The Hall–Kier alpha value is -1.48. The van der Waals surface area contributed by atoms with Crippen LogP contribution in [0.15, 0.2) is 34.8 Å². The van der Waals surface area contributed by atoms with Gasteiger partial charge in [-0.15, -0.1) is 11.3 Å². The Kier molecular flexibility index (Phi) is 2.10. The van der Waals surface area contributed by atoms with Crippen LogP contribution in [0, 0.1) is 0 Å². The predicted molar refractivity (Wildman–Crippen MR) is 63.7 cm³/mol. The maximum absolute atomic E-state index is 4.49. The maximum Gasteiger partial charge on any atom is 0.0510 e. The Bertz CT molecular complexity index is 500. The molecule has 0 aromatic carbocycles. The molecule has 0 saturated heterocycles. The second-order valence-electron chi connectivity index (χ2n) is 3.52. The summed E-state index contributed by atoms with van der Waals surface area (Å²) in [5, 5.41) is 2.09. The van der Waals surface area contributed by atoms with E-state index in [1.165, 1.54) is 21.7 Å². The molecule has 2 nitrogen and oxygen atoms in total. The van der Waals surface area contributed by atoms with Gasteiger partial charge in [-0.1, -0.05) is 6.07 Å². The highest BCUT2D eigenvalue weighted by Crippen LogP contribution is 2.25. The lowest BCUT2D eigenvalue weighted by Crippen LogP contribution is -2.05. The highest BCUT2D eigenvalue weighted by molar-refractivity contribution is 7.13. The molecule has 1 aliphatic heterocycles. The first-order chi connectivity index (χ1) is 7.43. The monoisotopic (exact) mass is 214 g/mol. The molecule has 3 rings (SSSR count). The van der Waals surface area contributed by atoms with E-state index in [0.29, 0.717) is 0 Å². The number of fused-ring (bicyclic) bond motifs is 1. The molecule has 15 heavy (non-hydrogen) atoms. The van der Waals surface area contributed by atoms with Gasteiger partial charge in [-0.2, -0.15) is 0 Å². The van der Waals surface area contributed by atoms with E-state index in [2.05, 4.69) is 33.6 Å². The summed E-state index contributed by atoms with van der Waals surface area (Å²) in [6.45, 7) is 0.873. The molecule has 3 heteroatoms. The lowest BCUT2D eigenvalue weighted by atomic mass is 10.1. The summed E-state index contributed by atoms with van der Waals surface area (Å²) in [6, 6.07) is 6.36. The van der Waals surface area contributed by atoms with Crippen molar-refractivity contribution in [1.29, 1.82) is 0 Å². The van der Waals surface area contributed by atoms with Gasteiger partial charge in [0, 0.05) is 41.4 Å². The van der Waals surface area contributed by atoms with Gasteiger partial charge in [-0.05, 0) is 17.5 Å². The number of nitrogens with zero attached hydrogens (tertiary/aromatic N) is 2. The van der Waals surface area contributed by atoms with Gasteiger partial charge in [-0.3, -0.25) is 9.98 Å². The van der Waals surface area contributed by atoms with Crippen LogP contribution in [0.5, 0.6) is 0 Å². The molecule has 0 saturated carbocycles. The molecule has 0 fully saturated rings. The fraction of sp³-hybridized carbons (Fsp3) is 0.167. The minimum absolute atomic E-state index is 0.873. The first-order valence-corrected chi connectivity index (χ1v) is 5.84. The molecule has 1 aliphatic rings. The van der Waals surface area contributed by atoms with E-state index in [9.17, 15) is 0 Å². The number of aromatic nitrogens is 1. The van der Waals surface area contributed by atoms with Gasteiger partial charge in [0.2, 0.25) is 0 Å². The zero-order chi connectivity index (χ0) is 10.1. The van der Waals surface area contributed by atoms with E-state index in [0.717, 1.165) is 13.0 Å². The minimum Gasteiger partial charge on any atom is -0.292 e. The summed E-state index contributed by atoms with van der Waals surface area (Å²) in [5.74, 6) is 0. The molecule has 0 amide bonds. The van der Waals surface area contributed by atoms with Crippen molar-refractivity contribution in [3.8, 4) is 10.4 Å². The number of hydrogen-bond acceptors (Lipinski definition) is 3. The third-order valence-electron chi connectivity index (χ3n) is 2.52. The Balaban J connectivity index is 2.10. The summed E-state index contributed by atoms with van der Waals surface area (Å²) in [6.07, 6.45) is 4.86. The summed E-state index contributed by atoms with van der Waals surface area (Å²) in [4.78, 5) is 10.0. The van der Waals surface area contributed by atoms with Gasteiger partial charge in [0.1, 0.15) is 0 Å². The van der Waals surface area contributed by atoms with Crippen molar-refractivity contribution in [3.05, 3.63) is 41.0 Å². The van der Waals surface area contributed by atoms with Crippen LogP contribution in [0.3, 0.4) is 0 Å². The van der Waals surface area contributed by atoms with Gasteiger partial charge in [0.25, 0.3) is 0 Å². The Labute approximate surface area is 92.3 Å². The van der Waals surface area contributed by atoms with Crippen LogP contribution < -0.4 is 0 Å². The van der Waals surface area contributed by atoms with Crippen LogP contribution in [0.25, 0.3) is 10.4 Å². The highest BCUT2D eigenvalue weighted by Gasteiger charge is 2.08. The van der Waals surface area contributed by atoms with Crippen molar-refractivity contribution in [2.24, 2.45) is 4.99 Å². The number of thiophene rings is 1. The van der Waals surface area contributed by atoms with Crippen LogP contribution in [-0.2, 0) is 6.42 Å². The largest absolute Gasteiger partial charge is 0.292 e. The molecule has 0 spiro atoms. The maximum atomic E-state index is 4.49. The van der Waals surface area contributed by atoms with E-state index < -0.39 is 0 Å². The zero-order valence-corrected chi connectivity index (χ0v) is 9.00. The summed E-state index contributed by atoms with van der Waals surface area (Å²) in [5.41, 5.74) is 3.54. The smallest absolute Gasteiger partial charge is 0.0510 e. The average Bonchev–Trinajstić information content (AvgIpc) is 2.82. The van der Waals surface area contributed by atoms with Crippen molar-refractivity contribution in [1.82, 2.24) is 4.98 Å². The molecule has 2 aromatic heterocycles. The van der Waals surface area contributed by atoms with Gasteiger partial charge < -0.3 is 0 Å². The summed E-state index contributed by atoms with van der Waals surface area (Å²) in [7, 11) is 0. The molecule has 0 unspecified atom stereocenters. The third kappa shape index (κ3) is 1.59. The second-order valence-corrected chi connectivity index (χ2v) is 4.47. The first kappa shape index (κ1) is 8.80. The molecule has 0 N–H and O–H groups in total. The molecule has 0 aliphatic carbocycles. The average molecular weight is 214 g/mol. The third-order valence-corrected chi connectivity index (χ3v) is 3.44. The van der Waals surface area contributed by atoms with Crippen molar-refractivity contribution < 1.29 is 0 Å². The molecule has 0 bridgehead atoms. The van der Waals surface area contributed by atoms with E-state index in [1.54, 1.807) is 11.3 Å². The van der Waals surface area contributed by atoms with E-state index in [4.69, 9.17) is 0 Å². The molecule has 0 radical (unpaired) electrons. The van der Waals surface area contributed by atoms with Gasteiger partial charge >= 0.3 is 0 Å². The van der Waals surface area contributed by atoms with Crippen LogP contribution in [0.4, 0.5) is 0 Å². The normalized spacial score (nSPS) is 13.9. The van der Waals surface area contributed by atoms with E-state index >= 15 is 0 Å². The lowest BCUT2D eigenvalue weighted by Gasteiger charge is -2.09. The van der Waals surface area contributed by atoms with Gasteiger partial charge in [-0.25, -0.2) is 0 Å². The lowest BCUT2D eigenvalue weighted by molar-refractivity contribution is 0.906. The predicted octanol–water partition coefficient (Wildman–Crippen LogP) is 2.79. The van der Waals surface area contributed by atoms with Crippen molar-refractivity contribution in [2.75, 3.05) is 6.54 Å². The Morgan fingerprint density at radius 2 is 2.33 bits per heavy atom. The van der Waals surface area contributed by atoms with E-state index in [-0.39, 0.29) is 0 Å². The molecule has 0 atom stereocenters. The Morgan fingerprint density at radius 1 is 1.33 bits per heavy atom. The molecular formula is C12H10N2S. The fourth-order valence-corrected chi connectivity index (χ4v) is 2.45. The SMILES string of the molecule is C1=NCCc2ncc(-c3cccs3)cc21. The molecule has 2 aromatic rings. The van der Waals surface area contributed by atoms with Crippen LogP contribution in [0.2, 0.25) is 0 Å². The second kappa shape index (κ2) is 3.59. The van der Waals surface area contributed by atoms with Gasteiger partial charge in [0.15, 0.2) is 0 Å². The highest BCUT2D eigenvalue weighted by atomic mass is 32.1. The van der Waals surface area contributed by atoms with Crippen LogP contribution in [0.1, 0.15) is 11.3 Å². The topological polar surface area (TPSA) is 25.2 Å². The molecule has 3 heterocycles. The summed E-state index contributed by atoms with van der Waals surface area (Å²) < 4.78 is 0. The van der Waals surface area contributed by atoms with E-state index in [1.807, 2.05) is 12.4 Å². The first-order valence-electron chi connectivity index (χ1n) is 4.96. The molecule has 74 valence electrons. The minimum atomic E-state index is 0.873. The van der Waals surface area contributed by atoms with Crippen LogP contribution >= 0.6 is 11.3 Å². The number of aliphatic imine (C=N–C) groups is 1. The summed E-state index contributed by atoms with van der Waals surface area (Å²) >= 11 is 1.74. The Morgan fingerprint density at radius 3 is 3.20 bits per heavy atom. The van der Waals surface area contributed by atoms with Crippen molar-refractivity contribution in [3.63, 3.8) is 0 Å². The fourth-order valence-electron chi connectivity index (χ4n) is 1.74. The van der Waals surface area contributed by atoms with Crippen LogP contribution in [-0.4, -0.2) is 17.7 Å². The molecular weight excluding hydrogens is 204 g/mol. The van der Waals surface area contributed by atoms with Gasteiger partial charge in [0.05, 0.1) is 5.69 Å². The standard InChI is InChI=1S/C12H10N2S/c1-2-12(15-5-1)10-6-9-7-13-4-3-11(9)14-8-10/h1-2,5-8H,3-4H2. The van der Waals surface area contributed by atoms with Crippen molar-refractivity contribution >= 4 is 17.6 Å². The number of pyridine rings is 1. The van der Waals surface area contributed by atoms with Crippen molar-refractivity contribution in [2.45, 2.75) is 6.42 Å². The quantitative estimate of drug-likeness (QED) is 0.716. The zero-order valence-electron chi connectivity index (χ0n) is 8.18.